The van der Waals surface area contributed by atoms with Crippen molar-refractivity contribution in [2.45, 2.75) is 65.7 Å². The van der Waals surface area contributed by atoms with Gasteiger partial charge < -0.3 is 5.32 Å². The van der Waals surface area contributed by atoms with Gasteiger partial charge in [-0.25, -0.2) is 0 Å². The zero-order valence-corrected chi connectivity index (χ0v) is 15.1. The second-order valence-electron chi connectivity index (χ2n) is 6.72. The molecule has 20 heavy (non-hydrogen) atoms. The predicted octanol–water partition coefficient (Wildman–Crippen LogP) is 5.18. The Hall–Kier alpha value is -0.470. The van der Waals surface area contributed by atoms with Crippen molar-refractivity contribution in [2.24, 2.45) is 0 Å². The summed E-state index contributed by atoms with van der Waals surface area (Å²) >= 11 is 2.04. The van der Waals surface area contributed by atoms with Gasteiger partial charge in [0.1, 0.15) is 0 Å². The highest BCUT2D eigenvalue weighted by atomic mass is 32.2. The van der Waals surface area contributed by atoms with Crippen molar-refractivity contribution < 1.29 is 0 Å². The molecular formula is C18H31NS. The molecule has 0 saturated carbocycles. The lowest BCUT2D eigenvalue weighted by Gasteiger charge is -2.26. The van der Waals surface area contributed by atoms with Crippen LogP contribution in [0.15, 0.2) is 12.1 Å². The van der Waals surface area contributed by atoms with E-state index in [0.29, 0.717) is 10.8 Å². The molecule has 1 unspecified atom stereocenters. The van der Waals surface area contributed by atoms with E-state index in [1.807, 2.05) is 11.8 Å². The lowest BCUT2D eigenvalue weighted by atomic mass is 9.96. The van der Waals surface area contributed by atoms with E-state index in [1.54, 1.807) is 0 Å². The molecule has 0 aromatic heterocycles. The Morgan fingerprint density at radius 1 is 1.05 bits per heavy atom. The smallest absolute Gasteiger partial charge is 0.0414 e. The Kier molecular flexibility index (Phi) is 6.60. The molecule has 0 radical (unpaired) electrons. The standard InChI is InChI=1S/C18H31NS/c1-8-9-19-17(12-20-18(5,6)7)16-11-14(3)13(2)10-15(16)4/h10-11,17,19H,8-9,12H2,1-7H3. The van der Waals surface area contributed by atoms with Gasteiger partial charge in [0.05, 0.1) is 0 Å². The summed E-state index contributed by atoms with van der Waals surface area (Å²) in [4.78, 5) is 0. The number of hydrogen-bond donors (Lipinski definition) is 1. The lowest BCUT2D eigenvalue weighted by molar-refractivity contribution is 0.572. The van der Waals surface area contributed by atoms with Gasteiger partial charge in [0, 0.05) is 16.5 Å². The number of nitrogens with one attached hydrogen (secondary N) is 1. The van der Waals surface area contributed by atoms with E-state index in [9.17, 15) is 0 Å². The molecule has 0 aliphatic carbocycles. The minimum Gasteiger partial charge on any atom is -0.309 e. The molecule has 0 amide bonds. The van der Waals surface area contributed by atoms with E-state index >= 15 is 0 Å². The quantitative estimate of drug-likeness (QED) is 0.775. The van der Waals surface area contributed by atoms with Crippen LogP contribution in [0.1, 0.15) is 62.4 Å². The van der Waals surface area contributed by atoms with Crippen LogP contribution in [0.3, 0.4) is 0 Å². The van der Waals surface area contributed by atoms with Crippen molar-refractivity contribution in [3.8, 4) is 0 Å². The van der Waals surface area contributed by atoms with E-state index in [4.69, 9.17) is 0 Å². The minimum absolute atomic E-state index is 0.319. The number of hydrogen-bond acceptors (Lipinski definition) is 2. The van der Waals surface area contributed by atoms with Crippen LogP contribution in [0.5, 0.6) is 0 Å². The SMILES string of the molecule is CCCNC(CSC(C)(C)C)c1cc(C)c(C)cc1C. The molecule has 0 bridgehead atoms. The molecule has 1 aromatic carbocycles. The molecule has 0 fully saturated rings. The summed E-state index contributed by atoms with van der Waals surface area (Å²) in [6.45, 7) is 16.8. The highest BCUT2D eigenvalue weighted by Crippen LogP contribution is 2.30. The molecule has 1 N–H and O–H groups in total. The second-order valence-corrected chi connectivity index (χ2v) is 8.57. The third-order valence-corrected chi connectivity index (χ3v) is 4.95. The first-order valence-corrected chi connectivity index (χ1v) is 8.68. The second kappa shape index (κ2) is 7.51. The maximum atomic E-state index is 3.72. The first-order valence-electron chi connectivity index (χ1n) is 7.69. The Morgan fingerprint density at radius 2 is 1.65 bits per heavy atom. The summed E-state index contributed by atoms with van der Waals surface area (Å²) < 4.78 is 0.319. The van der Waals surface area contributed by atoms with Crippen LogP contribution in [0.4, 0.5) is 0 Å². The Labute approximate surface area is 129 Å². The van der Waals surface area contributed by atoms with Crippen molar-refractivity contribution in [3.05, 3.63) is 34.4 Å². The van der Waals surface area contributed by atoms with E-state index in [0.717, 1.165) is 12.3 Å². The fourth-order valence-corrected chi connectivity index (χ4v) is 3.23. The van der Waals surface area contributed by atoms with Crippen molar-refractivity contribution in [1.82, 2.24) is 5.32 Å². The third kappa shape index (κ3) is 5.49. The van der Waals surface area contributed by atoms with Gasteiger partial charge in [-0.2, -0.15) is 11.8 Å². The zero-order valence-electron chi connectivity index (χ0n) is 14.3. The third-order valence-electron chi connectivity index (χ3n) is 3.58. The zero-order chi connectivity index (χ0) is 15.3. The Bertz CT molecular complexity index is 432. The van der Waals surface area contributed by atoms with Crippen LogP contribution in [0.2, 0.25) is 0 Å². The fourth-order valence-electron chi connectivity index (χ4n) is 2.27. The van der Waals surface area contributed by atoms with Gasteiger partial charge in [-0.05, 0) is 56.0 Å². The van der Waals surface area contributed by atoms with Crippen molar-refractivity contribution >= 4 is 11.8 Å². The summed E-state index contributed by atoms with van der Waals surface area (Å²) in [5, 5.41) is 3.72. The van der Waals surface area contributed by atoms with Gasteiger partial charge in [-0.15, -0.1) is 0 Å². The molecule has 2 heteroatoms. The van der Waals surface area contributed by atoms with Gasteiger partial charge in [0.2, 0.25) is 0 Å². The maximum Gasteiger partial charge on any atom is 0.0414 e. The summed E-state index contributed by atoms with van der Waals surface area (Å²) in [7, 11) is 0. The topological polar surface area (TPSA) is 12.0 Å². The van der Waals surface area contributed by atoms with Crippen LogP contribution in [-0.2, 0) is 0 Å². The maximum absolute atomic E-state index is 3.72. The van der Waals surface area contributed by atoms with E-state index < -0.39 is 0 Å². The molecule has 1 atom stereocenters. The lowest BCUT2D eigenvalue weighted by Crippen LogP contribution is -2.26. The highest BCUT2D eigenvalue weighted by Gasteiger charge is 2.18. The normalized spacial score (nSPS) is 13.6. The number of thioether (sulfide) groups is 1. The molecule has 0 aliphatic heterocycles. The van der Waals surface area contributed by atoms with Crippen molar-refractivity contribution in [2.75, 3.05) is 12.3 Å². The van der Waals surface area contributed by atoms with E-state index in [1.165, 1.54) is 28.7 Å². The van der Waals surface area contributed by atoms with Gasteiger partial charge in [0.25, 0.3) is 0 Å². The molecule has 0 aliphatic rings. The van der Waals surface area contributed by atoms with Crippen LogP contribution in [0, 0.1) is 20.8 Å². The van der Waals surface area contributed by atoms with Crippen LogP contribution >= 0.6 is 11.8 Å². The van der Waals surface area contributed by atoms with Crippen LogP contribution in [0.25, 0.3) is 0 Å². The molecule has 114 valence electrons. The van der Waals surface area contributed by atoms with Crippen molar-refractivity contribution in [3.63, 3.8) is 0 Å². The largest absolute Gasteiger partial charge is 0.309 e. The molecule has 0 saturated heterocycles. The summed E-state index contributed by atoms with van der Waals surface area (Å²) in [5.74, 6) is 1.13. The first-order chi connectivity index (χ1) is 9.24. The number of benzene rings is 1. The van der Waals surface area contributed by atoms with Crippen LogP contribution < -0.4 is 5.32 Å². The number of rotatable bonds is 6. The molecule has 1 aromatic rings. The fraction of sp³-hybridized carbons (Fsp3) is 0.667. The molecule has 1 nitrogen and oxygen atoms in total. The Morgan fingerprint density at radius 3 is 2.20 bits per heavy atom. The minimum atomic E-state index is 0.319. The van der Waals surface area contributed by atoms with Gasteiger partial charge in [-0.3, -0.25) is 0 Å². The molecular weight excluding hydrogens is 262 g/mol. The van der Waals surface area contributed by atoms with Gasteiger partial charge in [-0.1, -0.05) is 39.8 Å². The predicted molar refractivity (Wildman–Crippen MR) is 93.9 cm³/mol. The summed E-state index contributed by atoms with van der Waals surface area (Å²) in [6.07, 6.45) is 1.18. The highest BCUT2D eigenvalue weighted by molar-refractivity contribution is 8.00. The molecule has 0 spiro atoms. The summed E-state index contributed by atoms with van der Waals surface area (Å²) in [5.41, 5.74) is 5.67. The van der Waals surface area contributed by atoms with Gasteiger partial charge in [0.15, 0.2) is 0 Å². The molecule has 0 heterocycles. The van der Waals surface area contributed by atoms with Crippen molar-refractivity contribution in [1.29, 1.82) is 0 Å². The van der Waals surface area contributed by atoms with Crippen LogP contribution in [-0.4, -0.2) is 17.0 Å². The van der Waals surface area contributed by atoms with E-state index in [2.05, 4.69) is 65.9 Å². The average molecular weight is 294 g/mol. The Balaban J connectivity index is 2.95. The molecule has 1 rings (SSSR count). The monoisotopic (exact) mass is 293 g/mol. The average Bonchev–Trinajstić information content (AvgIpc) is 2.33. The first kappa shape index (κ1) is 17.6. The number of aryl methyl sites for hydroxylation is 3. The van der Waals surface area contributed by atoms with E-state index in [-0.39, 0.29) is 0 Å². The van der Waals surface area contributed by atoms with Gasteiger partial charge >= 0.3 is 0 Å². The summed E-state index contributed by atoms with van der Waals surface area (Å²) in [6, 6.07) is 5.16.